The molecule has 0 unspecified atom stereocenters. The summed E-state index contributed by atoms with van der Waals surface area (Å²) in [5, 5.41) is 3.66. The van der Waals surface area contributed by atoms with Crippen molar-refractivity contribution in [3.63, 3.8) is 0 Å². The van der Waals surface area contributed by atoms with Crippen LogP contribution in [0.3, 0.4) is 0 Å². The number of nitrogens with one attached hydrogen (secondary N) is 1. The monoisotopic (exact) mass is 183 g/mol. The highest BCUT2D eigenvalue weighted by atomic mass is 14.9. The molecule has 1 saturated carbocycles. The Bertz CT molecular complexity index is 106. The normalized spacial score (nSPS) is 18.2. The van der Waals surface area contributed by atoms with Crippen molar-refractivity contribution in [3.05, 3.63) is 0 Å². The van der Waals surface area contributed by atoms with Crippen LogP contribution in [0, 0.1) is 0 Å². The lowest BCUT2D eigenvalue weighted by molar-refractivity contribution is 0.499. The Morgan fingerprint density at radius 2 is 1.69 bits per heavy atom. The third-order valence-corrected chi connectivity index (χ3v) is 3.07. The van der Waals surface area contributed by atoms with Crippen LogP contribution in [0.1, 0.15) is 64.7 Å². The second-order valence-electron chi connectivity index (χ2n) is 4.35. The van der Waals surface area contributed by atoms with Crippen molar-refractivity contribution >= 4 is 0 Å². The fraction of sp³-hybridized carbons (Fsp3) is 1.00. The molecule has 1 N–H and O–H groups in total. The molecule has 0 heterocycles. The summed E-state index contributed by atoms with van der Waals surface area (Å²) in [6.07, 6.45) is 12.8. The van der Waals surface area contributed by atoms with Gasteiger partial charge in [0.25, 0.3) is 0 Å². The average Bonchev–Trinajstić information content (AvgIpc) is 2.63. The molecule has 78 valence electrons. The van der Waals surface area contributed by atoms with Crippen LogP contribution in [0.5, 0.6) is 0 Å². The van der Waals surface area contributed by atoms with Crippen molar-refractivity contribution in [2.45, 2.75) is 70.8 Å². The third kappa shape index (κ3) is 5.30. The Balaban J connectivity index is 1.78. The summed E-state index contributed by atoms with van der Waals surface area (Å²) in [7, 11) is 0. The largest absolute Gasteiger partial charge is 0.314 e. The van der Waals surface area contributed by atoms with Crippen LogP contribution in [-0.2, 0) is 0 Å². The van der Waals surface area contributed by atoms with Crippen molar-refractivity contribution < 1.29 is 0 Å². The van der Waals surface area contributed by atoms with Gasteiger partial charge >= 0.3 is 0 Å². The second kappa shape index (κ2) is 7.37. The van der Waals surface area contributed by atoms with Crippen molar-refractivity contribution in [1.29, 1.82) is 0 Å². The maximum absolute atomic E-state index is 3.66. The van der Waals surface area contributed by atoms with Crippen LogP contribution < -0.4 is 5.32 Å². The van der Waals surface area contributed by atoms with E-state index in [-0.39, 0.29) is 0 Å². The van der Waals surface area contributed by atoms with Gasteiger partial charge in [0.2, 0.25) is 0 Å². The first-order valence-corrected chi connectivity index (χ1v) is 6.17. The molecule has 0 aliphatic heterocycles. The lowest BCUT2D eigenvalue weighted by atomic mass is 10.1. The standard InChI is InChI=1S/C12H25N/c1-2-3-4-5-8-11-13-12-9-6-7-10-12/h12-13H,2-11H2,1H3. The van der Waals surface area contributed by atoms with Crippen LogP contribution in [0.15, 0.2) is 0 Å². The number of hydrogen-bond acceptors (Lipinski definition) is 1. The molecule has 0 aromatic heterocycles. The summed E-state index contributed by atoms with van der Waals surface area (Å²) in [6.45, 7) is 3.53. The fourth-order valence-corrected chi connectivity index (χ4v) is 2.16. The fourth-order valence-electron chi connectivity index (χ4n) is 2.16. The van der Waals surface area contributed by atoms with Gasteiger partial charge in [-0.15, -0.1) is 0 Å². The van der Waals surface area contributed by atoms with Gasteiger partial charge in [-0.3, -0.25) is 0 Å². The van der Waals surface area contributed by atoms with Crippen LogP contribution in [-0.4, -0.2) is 12.6 Å². The summed E-state index contributed by atoms with van der Waals surface area (Å²) in [5.74, 6) is 0. The quantitative estimate of drug-likeness (QED) is 0.596. The smallest absolute Gasteiger partial charge is 0.00670 e. The molecule has 1 fully saturated rings. The van der Waals surface area contributed by atoms with Gasteiger partial charge in [-0.1, -0.05) is 45.4 Å². The van der Waals surface area contributed by atoms with Crippen LogP contribution >= 0.6 is 0 Å². The summed E-state index contributed by atoms with van der Waals surface area (Å²) in [5.41, 5.74) is 0. The molecule has 1 rings (SSSR count). The Morgan fingerprint density at radius 3 is 2.38 bits per heavy atom. The minimum absolute atomic E-state index is 0.867. The van der Waals surface area contributed by atoms with Gasteiger partial charge in [-0.05, 0) is 25.8 Å². The molecule has 0 spiro atoms. The van der Waals surface area contributed by atoms with E-state index in [1.165, 1.54) is 64.3 Å². The van der Waals surface area contributed by atoms with Gasteiger partial charge < -0.3 is 5.32 Å². The Hall–Kier alpha value is -0.0400. The zero-order chi connectivity index (χ0) is 9.36. The van der Waals surface area contributed by atoms with E-state index < -0.39 is 0 Å². The third-order valence-electron chi connectivity index (χ3n) is 3.07. The van der Waals surface area contributed by atoms with Crippen LogP contribution in [0.25, 0.3) is 0 Å². The zero-order valence-electron chi connectivity index (χ0n) is 9.15. The second-order valence-corrected chi connectivity index (χ2v) is 4.35. The first kappa shape index (κ1) is 11.0. The topological polar surface area (TPSA) is 12.0 Å². The Labute approximate surface area is 83.3 Å². The highest BCUT2D eigenvalue weighted by Gasteiger charge is 2.12. The SMILES string of the molecule is CCCCCCCNC1CCCC1. The lowest BCUT2D eigenvalue weighted by Gasteiger charge is -2.10. The van der Waals surface area contributed by atoms with E-state index in [1.54, 1.807) is 0 Å². The summed E-state index contributed by atoms with van der Waals surface area (Å²) in [4.78, 5) is 0. The highest BCUT2D eigenvalue weighted by molar-refractivity contribution is 4.73. The van der Waals surface area contributed by atoms with E-state index in [9.17, 15) is 0 Å². The van der Waals surface area contributed by atoms with E-state index in [4.69, 9.17) is 0 Å². The molecule has 0 radical (unpaired) electrons. The summed E-state index contributed by atoms with van der Waals surface area (Å²) < 4.78 is 0. The molecular weight excluding hydrogens is 158 g/mol. The van der Waals surface area contributed by atoms with Gasteiger partial charge in [-0.2, -0.15) is 0 Å². The van der Waals surface area contributed by atoms with Crippen molar-refractivity contribution in [3.8, 4) is 0 Å². The minimum atomic E-state index is 0.867. The van der Waals surface area contributed by atoms with Gasteiger partial charge in [0.05, 0.1) is 0 Å². The molecule has 0 atom stereocenters. The molecule has 0 aromatic carbocycles. The van der Waals surface area contributed by atoms with Crippen molar-refractivity contribution in [2.75, 3.05) is 6.54 Å². The molecule has 1 aliphatic rings. The maximum Gasteiger partial charge on any atom is 0.00670 e. The highest BCUT2D eigenvalue weighted by Crippen LogP contribution is 2.17. The molecule has 0 amide bonds. The number of rotatable bonds is 7. The molecule has 0 aromatic rings. The molecule has 0 saturated heterocycles. The van der Waals surface area contributed by atoms with E-state index >= 15 is 0 Å². The Morgan fingerprint density at radius 1 is 1.00 bits per heavy atom. The Kier molecular flexibility index (Phi) is 6.26. The van der Waals surface area contributed by atoms with E-state index in [0.717, 1.165) is 6.04 Å². The first-order chi connectivity index (χ1) is 6.43. The van der Waals surface area contributed by atoms with E-state index in [2.05, 4.69) is 12.2 Å². The lowest BCUT2D eigenvalue weighted by Crippen LogP contribution is -2.26. The molecule has 13 heavy (non-hydrogen) atoms. The minimum Gasteiger partial charge on any atom is -0.314 e. The van der Waals surface area contributed by atoms with Gasteiger partial charge in [-0.25, -0.2) is 0 Å². The molecule has 1 heteroatoms. The van der Waals surface area contributed by atoms with Crippen molar-refractivity contribution in [1.82, 2.24) is 5.32 Å². The summed E-state index contributed by atoms with van der Waals surface area (Å²) in [6, 6.07) is 0.867. The molecule has 1 aliphatic carbocycles. The van der Waals surface area contributed by atoms with Crippen LogP contribution in [0.2, 0.25) is 0 Å². The van der Waals surface area contributed by atoms with Gasteiger partial charge in [0, 0.05) is 6.04 Å². The number of unbranched alkanes of at least 4 members (excludes halogenated alkanes) is 4. The van der Waals surface area contributed by atoms with Crippen molar-refractivity contribution in [2.24, 2.45) is 0 Å². The number of hydrogen-bond donors (Lipinski definition) is 1. The average molecular weight is 183 g/mol. The predicted octanol–water partition coefficient (Wildman–Crippen LogP) is 3.49. The summed E-state index contributed by atoms with van der Waals surface area (Å²) >= 11 is 0. The van der Waals surface area contributed by atoms with Gasteiger partial charge in [0.1, 0.15) is 0 Å². The molecule has 0 bridgehead atoms. The molecule has 1 nitrogen and oxygen atoms in total. The zero-order valence-corrected chi connectivity index (χ0v) is 9.15. The predicted molar refractivity (Wildman–Crippen MR) is 59.0 cm³/mol. The molecular formula is C12H25N. The maximum atomic E-state index is 3.66. The first-order valence-electron chi connectivity index (χ1n) is 6.17. The van der Waals surface area contributed by atoms with E-state index in [1.807, 2.05) is 0 Å². The van der Waals surface area contributed by atoms with Crippen LogP contribution in [0.4, 0.5) is 0 Å². The van der Waals surface area contributed by atoms with Gasteiger partial charge in [0.15, 0.2) is 0 Å². The van der Waals surface area contributed by atoms with E-state index in [0.29, 0.717) is 0 Å².